The number of carbonyl (C=O) groups excluding carboxylic acids is 1. The van der Waals surface area contributed by atoms with Gasteiger partial charge in [0.25, 0.3) is 5.56 Å². The van der Waals surface area contributed by atoms with Crippen LogP contribution in [0, 0.1) is 23.7 Å². The van der Waals surface area contributed by atoms with Gasteiger partial charge in [0.05, 0.1) is 17.4 Å². The van der Waals surface area contributed by atoms with E-state index in [9.17, 15) is 9.59 Å². The third-order valence-corrected chi connectivity index (χ3v) is 7.59. The predicted octanol–water partition coefficient (Wildman–Crippen LogP) is 4.32. The van der Waals surface area contributed by atoms with Crippen LogP contribution < -0.4 is 10.9 Å². The van der Waals surface area contributed by atoms with Crippen molar-refractivity contribution < 1.29 is 4.79 Å². The molecule has 0 atom stereocenters. The molecule has 160 valence electrons. The molecule has 0 saturated heterocycles. The maximum absolute atomic E-state index is 13.2. The van der Waals surface area contributed by atoms with Gasteiger partial charge in [-0.25, -0.2) is 9.78 Å². The molecule has 2 N–H and O–H groups in total. The predicted molar refractivity (Wildman–Crippen MR) is 117 cm³/mol. The first kappa shape index (κ1) is 19.9. The minimum Gasteiger partial charge on any atom is -0.335 e. The van der Waals surface area contributed by atoms with Gasteiger partial charge >= 0.3 is 6.03 Å². The van der Waals surface area contributed by atoms with Gasteiger partial charge in [-0.2, -0.15) is 0 Å². The van der Waals surface area contributed by atoms with E-state index in [2.05, 4.69) is 22.2 Å². The molecule has 1 aromatic carbocycles. The summed E-state index contributed by atoms with van der Waals surface area (Å²) in [5.74, 6) is 3.52. The number of H-pyrrole nitrogens is 1. The fourth-order valence-electron chi connectivity index (χ4n) is 6.33. The summed E-state index contributed by atoms with van der Waals surface area (Å²) < 4.78 is 0. The fourth-order valence-corrected chi connectivity index (χ4v) is 6.50. The average molecular weight is 429 g/mol. The Kier molecular flexibility index (Phi) is 5.21. The molecule has 4 fully saturated rings. The van der Waals surface area contributed by atoms with Crippen molar-refractivity contribution in [1.82, 2.24) is 20.2 Å². The number of urea groups is 1. The molecule has 0 spiro atoms. The van der Waals surface area contributed by atoms with Crippen molar-refractivity contribution in [3.8, 4) is 0 Å². The molecule has 0 aliphatic heterocycles. The highest BCUT2D eigenvalue weighted by Crippen LogP contribution is 2.53. The zero-order valence-electron chi connectivity index (χ0n) is 17.4. The lowest BCUT2D eigenvalue weighted by molar-refractivity contribution is -0.0111. The molecule has 1 heterocycles. The van der Waals surface area contributed by atoms with Crippen LogP contribution in [0.15, 0.2) is 23.0 Å². The number of hydrogen-bond acceptors (Lipinski definition) is 3. The summed E-state index contributed by atoms with van der Waals surface area (Å²) >= 11 is 6.07. The summed E-state index contributed by atoms with van der Waals surface area (Å²) in [6.45, 7) is 2.96. The molecular weight excluding hydrogens is 400 g/mol. The fraction of sp³-hybridized carbons (Fsp3) is 0.609. The molecule has 2 amide bonds. The number of carbonyl (C=O) groups is 1. The third-order valence-electron chi connectivity index (χ3n) is 7.36. The molecule has 1 aromatic heterocycles. The lowest BCUT2D eigenvalue weighted by Crippen LogP contribution is -2.58. The maximum atomic E-state index is 13.2. The summed E-state index contributed by atoms with van der Waals surface area (Å²) in [5, 5.41) is 4.42. The van der Waals surface area contributed by atoms with Crippen molar-refractivity contribution in [2.24, 2.45) is 23.7 Å². The second-order valence-corrected chi connectivity index (χ2v) is 9.94. The van der Waals surface area contributed by atoms with Gasteiger partial charge in [-0.05, 0) is 80.4 Å². The smallest absolute Gasteiger partial charge is 0.318 e. The van der Waals surface area contributed by atoms with E-state index >= 15 is 0 Å². The van der Waals surface area contributed by atoms with Gasteiger partial charge in [0.1, 0.15) is 5.82 Å². The highest BCUT2D eigenvalue weighted by molar-refractivity contribution is 6.31. The molecule has 6 rings (SSSR count). The molecule has 6 nitrogen and oxygen atoms in total. The van der Waals surface area contributed by atoms with Gasteiger partial charge in [-0.3, -0.25) is 4.79 Å². The van der Waals surface area contributed by atoms with Crippen LogP contribution in [0.2, 0.25) is 5.02 Å². The molecule has 0 radical (unpaired) electrons. The van der Waals surface area contributed by atoms with E-state index < -0.39 is 0 Å². The van der Waals surface area contributed by atoms with Crippen molar-refractivity contribution in [2.45, 2.75) is 58.0 Å². The van der Waals surface area contributed by atoms with E-state index in [4.69, 9.17) is 11.6 Å². The Bertz CT molecular complexity index is 992. The Labute approximate surface area is 181 Å². The van der Waals surface area contributed by atoms with Crippen molar-refractivity contribution in [1.29, 1.82) is 0 Å². The number of rotatable bonds is 5. The normalized spacial score (nSPS) is 29.3. The van der Waals surface area contributed by atoms with Crippen molar-refractivity contribution in [2.75, 3.05) is 6.54 Å². The number of nitrogens with one attached hydrogen (secondary N) is 2. The average Bonchev–Trinajstić information content (AvgIpc) is 2.69. The molecule has 7 heteroatoms. The van der Waals surface area contributed by atoms with Crippen LogP contribution in [-0.4, -0.2) is 33.5 Å². The van der Waals surface area contributed by atoms with E-state index in [0.29, 0.717) is 46.2 Å². The number of halogens is 1. The second kappa shape index (κ2) is 7.88. The SMILES string of the molecule is CCCN(Cc1nc2cc(Cl)ccc2c(=O)[nH]1)C(=O)NC1C2CC3CC(C2)CC1C3. The van der Waals surface area contributed by atoms with E-state index in [-0.39, 0.29) is 18.1 Å². The van der Waals surface area contributed by atoms with Gasteiger partial charge in [-0.15, -0.1) is 0 Å². The first-order chi connectivity index (χ1) is 14.5. The quantitative estimate of drug-likeness (QED) is 0.744. The standard InChI is InChI=1S/C23H29ClN4O2/c1-2-5-28(12-20-25-19-11-17(24)3-4-18(19)22(29)26-20)23(30)27-21-15-7-13-6-14(9-15)10-16(21)8-13/h3-4,11,13-16,21H,2,5-10,12H2,1H3,(H,27,30)(H,25,26,29). The second-order valence-electron chi connectivity index (χ2n) is 9.50. The van der Waals surface area contributed by atoms with Crippen molar-refractivity contribution in [3.05, 3.63) is 39.4 Å². The Morgan fingerprint density at radius 3 is 2.57 bits per heavy atom. The zero-order valence-corrected chi connectivity index (χ0v) is 18.1. The molecule has 0 unspecified atom stereocenters. The number of benzene rings is 1. The molecule has 4 aliphatic carbocycles. The topological polar surface area (TPSA) is 78.1 Å². The number of aromatic amines is 1. The van der Waals surface area contributed by atoms with Crippen LogP contribution in [-0.2, 0) is 6.54 Å². The van der Waals surface area contributed by atoms with E-state index in [0.717, 1.165) is 18.3 Å². The van der Waals surface area contributed by atoms with Gasteiger partial charge in [-0.1, -0.05) is 18.5 Å². The van der Waals surface area contributed by atoms with Crippen LogP contribution in [0.1, 0.15) is 51.3 Å². The highest BCUT2D eigenvalue weighted by Gasteiger charge is 2.48. The summed E-state index contributed by atoms with van der Waals surface area (Å²) in [6, 6.07) is 5.31. The van der Waals surface area contributed by atoms with E-state index in [1.807, 2.05) is 0 Å². The lowest BCUT2D eigenvalue weighted by atomic mass is 9.54. The number of aromatic nitrogens is 2. The first-order valence-electron chi connectivity index (χ1n) is 11.2. The van der Waals surface area contributed by atoms with Crippen LogP contribution >= 0.6 is 11.6 Å². The Morgan fingerprint density at radius 2 is 1.90 bits per heavy atom. The Balaban J connectivity index is 1.33. The minimum absolute atomic E-state index is 0.0387. The largest absolute Gasteiger partial charge is 0.335 e. The lowest BCUT2D eigenvalue weighted by Gasteiger charge is -2.54. The molecular formula is C23H29ClN4O2. The Hall–Kier alpha value is -2.08. The van der Waals surface area contributed by atoms with Crippen molar-refractivity contribution >= 4 is 28.5 Å². The number of amides is 2. The number of fused-ring (bicyclic) bond motifs is 1. The summed E-state index contributed by atoms with van der Waals surface area (Å²) in [7, 11) is 0. The van der Waals surface area contributed by atoms with Gasteiger partial charge in [0.2, 0.25) is 0 Å². The molecule has 2 aromatic rings. The van der Waals surface area contributed by atoms with Gasteiger partial charge in [0, 0.05) is 17.6 Å². The number of hydrogen-bond donors (Lipinski definition) is 2. The third kappa shape index (κ3) is 3.70. The van der Waals surface area contributed by atoms with Crippen LogP contribution in [0.25, 0.3) is 10.9 Å². The van der Waals surface area contributed by atoms with Crippen LogP contribution in [0.5, 0.6) is 0 Å². The molecule has 4 aliphatic rings. The van der Waals surface area contributed by atoms with Crippen LogP contribution in [0.3, 0.4) is 0 Å². The van der Waals surface area contributed by atoms with Crippen molar-refractivity contribution in [3.63, 3.8) is 0 Å². The van der Waals surface area contributed by atoms with E-state index in [1.54, 1.807) is 23.1 Å². The molecule has 30 heavy (non-hydrogen) atoms. The number of nitrogens with zero attached hydrogens (tertiary/aromatic N) is 2. The van der Waals surface area contributed by atoms with Crippen LogP contribution in [0.4, 0.5) is 4.79 Å². The Morgan fingerprint density at radius 1 is 1.20 bits per heavy atom. The minimum atomic E-state index is -0.204. The maximum Gasteiger partial charge on any atom is 0.318 e. The summed E-state index contributed by atoms with van der Waals surface area (Å²) in [4.78, 5) is 34.8. The first-order valence-corrected chi connectivity index (χ1v) is 11.6. The van der Waals surface area contributed by atoms with Gasteiger partial charge < -0.3 is 15.2 Å². The highest BCUT2D eigenvalue weighted by atomic mass is 35.5. The molecule has 4 saturated carbocycles. The molecule has 4 bridgehead atoms. The van der Waals surface area contributed by atoms with Gasteiger partial charge in [0.15, 0.2) is 0 Å². The van der Waals surface area contributed by atoms with E-state index in [1.165, 1.54) is 32.1 Å². The zero-order chi connectivity index (χ0) is 20.8. The summed E-state index contributed by atoms with van der Waals surface area (Å²) in [5.41, 5.74) is 0.351. The monoisotopic (exact) mass is 428 g/mol. The summed E-state index contributed by atoms with van der Waals surface area (Å²) in [6.07, 6.45) is 7.33.